The van der Waals surface area contributed by atoms with Crippen LogP contribution in [0.2, 0.25) is 0 Å². The zero-order valence-electron chi connectivity index (χ0n) is 23.6. The van der Waals surface area contributed by atoms with Gasteiger partial charge >= 0.3 is 6.09 Å². The van der Waals surface area contributed by atoms with Crippen LogP contribution in [0.4, 0.5) is 9.18 Å². The molecule has 1 aliphatic rings. The van der Waals surface area contributed by atoms with Crippen molar-refractivity contribution in [3.05, 3.63) is 65.1 Å². The van der Waals surface area contributed by atoms with Crippen molar-refractivity contribution in [2.75, 3.05) is 20.1 Å². The van der Waals surface area contributed by atoms with Crippen LogP contribution in [-0.4, -0.2) is 71.0 Å². The van der Waals surface area contributed by atoms with Gasteiger partial charge in [0.1, 0.15) is 17.5 Å². The number of aromatic nitrogens is 2. The second kappa shape index (κ2) is 11.4. The van der Waals surface area contributed by atoms with Crippen LogP contribution >= 0.6 is 0 Å². The van der Waals surface area contributed by atoms with Gasteiger partial charge in [-0.1, -0.05) is 0 Å². The van der Waals surface area contributed by atoms with Crippen molar-refractivity contribution in [1.29, 1.82) is 5.41 Å². The molecule has 1 fully saturated rings. The van der Waals surface area contributed by atoms with E-state index in [1.54, 1.807) is 52.4 Å². The number of pyridine rings is 2. The molecule has 0 saturated carbocycles. The first kappa shape index (κ1) is 28.7. The molecule has 1 aromatic carbocycles. The first-order valence-electron chi connectivity index (χ1n) is 13.1. The van der Waals surface area contributed by atoms with Crippen molar-refractivity contribution >= 4 is 34.8 Å². The van der Waals surface area contributed by atoms with E-state index in [1.807, 2.05) is 32.0 Å². The van der Waals surface area contributed by atoms with Gasteiger partial charge in [-0.25, -0.2) is 14.2 Å². The third kappa shape index (κ3) is 5.95. The monoisotopic (exact) mass is 546 g/mol. The molecule has 0 aliphatic carbocycles. The van der Waals surface area contributed by atoms with Gasteiger partial charge in [-0.15, -0.1) is 0 Å². The Hall–Kier alpha value is -4.34. The highest BCUT2D eigenvalue weighted by Crippen LogP contribution is 2.36. The number of likely N-dealkylation sites (tertiary alicyclic amines) is 1. The largest absolute Gasteiger partial charge is 0.444 e. The third-order valence-corrected chi connectivity index (χ3v) is 6.77. The summed E-state index contributed by atoms with van der Waals surface area (Å²) in [5.74, 6) is -0.555. The highest BCUT2D eigenvalue weighted by atomic mass is 19.1. The van der Waals surface area contributed by atoms with Gasteiger partial charge in [0.25, 0.3) is 5.91 Å². The number of aryl methyl sites for hydroxylation is 2. The van der Waals surface area contributed by atoms with Gasteiger partial charge in [0.2, 0.25) is 0 Å². The van der Waals surface area contributed by atoms with Gasteiger partial charge in [-0.2, -0.15) is 0 Å². The van der Waals surface area contributed by atoms with Crippen molar-refractivity contribution < 1.29 is 18.7 Å². The van der Waals surface area contributed by atoms with Crippen LogP contribution in [0.15, 0.2) is 42.7 Å². The van der Waals surface area contributed by atoms with E-state index < -0.39 is 29.8 Å². The van der Waals surface area contributed by atoms with Gasteiger partial charge in [-0.3, -0.25) is 9.78 Å². The predicted molar refractivity (Wildman–Crippen MR) is 154 cm³/mol. The molecule has 10 heteroatoms. The Bertz CT molecular complexity index is 1480. The first-order valence-corrected chi connectivity index (χ1v) is 13.1. The number of carbonyl (C=O) groups is 2. The molecular formula is C30H35FN6O3. The van der Waals surface area contributed by atoms with Gasteiger partial charge in [0.05, 0.1) is 18.1 Å². The Kier molecular flexibility index (Phi) is 8.18. The molecule has 0 radical (unpaired) electrons. The average Bonchev–Trinajstić information content (AvgIpc) is 3.26. The maximum absolute atomic E-state index is 14.9. The zero-order valence-corrected chi connectivity index (χ0v) is 23.6. The summed E-state index contributed by atoms with van der Waals surface area (Å²) in [6.07, 6.45) is 4.19. The number of ether oxygens (including phenoxy) is 1. The second-order valence-electron chi connectivity index (χ2n) is 10.9. The number of allylic oxidation sites excluding steroid dienone is 1. The van der Waals surface area contributed by atoms with E-state index in [2.05, 4.69) is 20.6 Å². The molecule has 0 bridgehead atoms. The minimum Gasteiger partial charge on any atom is -0.444 e. The number of halogens is 1. The zero-order chi connectivity index (χ0) is 29.2. The van der Waals surface area contributed by atoms with E-state index in [4.69, 9.17) is 10.1 Å². The smallest absolute Gasteiger partial charge is 0.410 e. The Balaban J connectivity index is 1.74. The van der Waals surface area contributed by atoms with Crippen molar-refractivity contribution in [2.24, 2.45) is 0 Å². The molecule has 2 aromatic heterocycles. The fourth-order valence-corrected chi connectivity index (χ4v) is 5.06. The Morgan fingerprint density at radius 1 is 1.18 bits per heavy atom. The van der Waals surface area contributed by atoms with Crippen LogP contribution in [0.5, 0.6) is 0 Å². The molecule has 1 aliphatic heterocycles. The summed E-state index contributed by atoms with van der Waals surface area (Å²) in [7, 11) is 1.74. The van der Waals surface area contributed by atoms with Crippen LogP contribution in [-0.2, 0) is 4.74 Å². The number of nitrogens with one attached hydrogen (secondary N) is 3. The molecule has 0 unspecified atom stereocenters. The number of amides is 2. The molecule has 9 nitrogen and oxygen atoms in total. The number of fused-ring (bicyclic) bond motifs is 1. The predicted octanol–water partition coefficient (Wildman–Crippen LogP) is 4.81. The molecule has 1 saturated heterocycles. The number of hydrogen-bond donors (Lipinski definition) is 3. The molecule has 210 valence electrons. The molecule has 3 aromatic rings. The number of carbonyl (C=O) groups excluding carboxylic acids is 2. The highest BCUT2D eigenvalue weighted by Gasteiger charge is 2.38. The van der Waals surface area contributed by atoms with E-state index in [-0.39, 0.29) is 18.8 Å². The number of nitrogens with zero attached hydrogens (tertiary/aromatic N) is 3. The van der Waals surface area contributed by atoms with E-state index in [1.165, 1.54) is 11.1 Å². The van der Waals surface area contributed by atoms with Crippen LogP contribution in [0.25, 0.3) is 27.7 Å². The van der Waals surface area contributed by atoms with E-state index >= 15 is 0 Å². The minimum atomic E-state index is -1.45. The molecule has 3 heterocycles. The Labute approximate surface area is 233 Å². The molecule has 2 amide bonds. The number of rotatable bonds is 6. The lowest BCUT2D eigenvalue weighted by atomic mass is 9.90. The maximum atomic E-state index is 14.9. The molecule has 3 N–H and O–H groups in total. The van der Waals surface area contributed by atoms with Crippen molar-refractivity contribution in [1.82, 2.24) is 25.5 Å². The van der Waals surface area contributed by atoms with E-state index in [9.17, 15) is 14.0 Å². The molecule has 2 atom stereocenters. The van der Waals surface area contributed by atoms with Gasteiger partial charge in [0.15, 0.2) is 0 Å². The first-order chi connectivity index (χ1) is 18.9. The lowest BCUT2D eigenvalue weighted by Crippen LogP contribution is -2.42. The van der Waals surface area contributed by atoms with Crippen molar-refractivity contribution in [2.45, 2.75) is 52.4 Å². The fourth-order valence-electron chi connectivity index (χ4n) is 5.06. The van der Waals surface area contributed by atoms with Gasteiger partial charge in [-0.05, 0) is 87.2 Å². The molecular weight excluding hydrogens is 511 g/mol. The summed E-state index contributed by atoms with van der Waals surface area (Å²) in [5.41, 5.74) is 5.29. The van der Waals surface area contributed by atoms with Crippen LogP contribution in [0, 0.1) is 19.3 Å². The van der Waals surface area contributed by atoms with Crippen molar-refractivity contribution in [3.63, 3.8) is 0 Å². The Morgan fingerprint density at radius 3 is 2.50 bits per heavy atom. The van der Waals surface area contributed by atoms with Crippen LogP contribution in [0.1, 0.15) is 48.0 Å². The summed E-state index contributed by atoms with van der Waals surface area (Å²) in [6.45, 7) is 9.04. The quantitative estimate of drug-likeness (QED) is 0.382. The fraction of sp³-hybridized carbons (Fsp3) is 0.367. The lowest BCUT2D eigenvalue weighted by Gasteiger charge is -2.24. The minimum absolute atomic E-state index is 0.00869. The van der Waals surface area contributed by atoms with E-state index in [0.717, 1.165) is 27.6 Å². The molecule has 4 rings (SSSR count). The van der Waals surface area contributed by atoms with Crippen LogP contribution < -0.4 is 10.6 Å². The average molecular weight is 547 g/mol. The molecule has 40 heavy (non-hydrogen) atoms. The number of benzene rings is 1. The van der Waals surface area contributed by atoms with Gasteiger partial charge in [0, 0.05) is 48.8 Å². The third-order valence-electron chi connectivity index (χ3n) is 6.77. The normalized spacial score (nSPS) is 17.6. The summed E-state index contributed by atoms with van der Waals surface area (Å²) in [5, 5.41) is 14.3. The lowest BCUT2D eigenvalue weighted by molar-refractivity contribution is 0.0281. The van der Waals surface area contributed by atoms with E-state index in [0.29, 0.717) is 16.8 Å². The summed E-state index contributed by atoms with van der Waals surface area (Å²) >= 11 is 0. The van der Waals surface area contributed by atoms with Crippen LogP contribution in [0.3, 0.4) is 0 Å². The summed E-state index contributed by atoms with van der Waals surface area (Å²) < 4.78 is 20.3. The van der Waals surface area contributed by atoms with Crippen molar-refractivity contribution in [3.8, 4) is 11.1 Å². The number of hydrogen-bond acceptors (Lipinski definition) is 7. The standard InChI is InChI=1S/C30H35FN6O3/c1-17-13-23-27(18(2)26(17)19-8-11-34-12-9-19)20(22(33-6)7-10-32)14-24(35-23)28(38)36-25-16-37(15-21(25)31)29(39)40-30(3,4)5/h7-14,21,25,32-33H,15-16H2,1-6H3,(H,36,38)/b22-7-,32-10?/t21-,25+/m0/s1. The molecule has 0 spiro atoms. The summed E-state index contributed by atoms with van der Waals surface area (Å²) in [4.78, 5) is 35.9. The summed E-state index contributed by atoms with van der Waals surface area (Å²) in [6, 6.07) is 6.55. The van der Waals surface area contributed by atoms with Gasteiger partial charge < -0.3 is 25.7 Å². The maximum Gasteiger partial charge on any atom is 0.410 e. The SMILES string of the molecule is CN/C(=C\C=N)c1cc(C(=O)N[C@@H]2CN(C(=O)OC(C)(C)C)C[C@@H]2F)nc2cc(C)c(-c3ccncc3)c(C)c12. The second-order valence-corrected chi connectivity index (χ2v) is 10.9. The highest BCUT2D eigenvalue weighted by molar-refractivity contribution is 6.04. The Morgan fingerprint density at radius 2 is 1.88 bits per heavy atom. The number of alkyl halides is 1. The topological polar surface area (TPSA) is 120 Å².